The van der Waals surface area contributed by atoms with Gasteiger partial charge in [0.25, 0.3) is 0 Å². The van der Waals surface area contributed by atoms with E-state index >= 15 is 0 Å². The molecule has 184 valence electrons. The van der Waals surface area contributed by atoms with Gasteiger partial charge in [0.2, 0.25) is 21.8 Å². The molecule has 0 radical (unpaired) electrons. The van der Waals surface area contributed by atoms with Crippen LogP contribution in [0.5, 0.6) is 0 Å². The Morgan fingerprint density at radius 1 is 0.970 bits per heavy atom. The molecule has 2 fully saturated rings. The molecular weight excluding hydrogens is 440 g/mol. The van der Waals surface area contributed by atoms with Gasteiger partial charge in [0.05, 0.1) is 11.4 Å². The summed E-state index contributed by atoms with van der Waals surface area (Å²) in [7, 11) is -3.77. The Morgan fingerprint density at radius 2 is 1.55 bits per heavy atom. The molecule has 8 nitrogen and oxygen atoms in total. The second-order valence-corrected chi connectivity index (χ2v) is 11.0. The Hall–Kier alpha value is -1.97. The lowest BCUT2D eigenvalue weighted by molar-refractivity contribution is -0.137. The summed E-state index contributed by atoms with van der Waals surface area (Å²) in [4.78, 5) is 31.7. The molecule has 2 aliphatic rings. The zero-order valence-corrected chi connectivity index (χ0v) is 21.4. The van der Waals surface area contributed by atoms with E-state index in [9.17, 15) is 18.0 Å². The summed E-state index contributed by atoms with van der Waals surface area (Å²) in [5.41, 5.74) is 2.46. The van der Waals surface area contributed by atoms with E-state index in [4.69, 9.17) is 0 Å². The van der Waals surface area contributed by atoms with Crippen LogP contribution in [0, 0.1) is 20.8 Å². The van der Waals surface area contributed by atoms with Crippen molar-refractivity contribution in [3.8, 4) is 0 Å². The van der Waals surface area contributed by atoms with Gasteiger partial charge in [-0.2, -0.15) is 4.31 Å². The molecule has 2 heterocycles. The Labute approximate surface area is 198 Å². The summed E-state index contributed by atoms with van der Waals surface area (Å²) in [6.07, 6.45) is 1.22. The molecule has 0 aliphatic carbocycles. The smallest absolute Gasteiger partial charge is 0.244 e. The molecule has 33 heavy (non-hydrogen) atoms. The lowest BCUT2D eigenvalue weighted by Gasteiger charge is -2.37. The summed E-state index contributed by atoms with van der Waals surface area (Å²) < 4.78 is 28.6. The second kappa shape index (κ2) is 10.5. The predicted molar refractivity (Wildman–Crippen MR) is 129 cm³/mol. The number of benzene rings is 1. The van der Waals surface area contributed by atoms with Crippen LogP contribution in [-0.2, 0) is 19.6 Å². The quantitative estimate of drug-likeness (QED) is 0.597. The summed E-state index contributed by atoms with van der Waals surface area (Å²) in [5.74, 6) is -0.00936. The van der Waals surface area contributed by atoms with E-state index in [1.807, 2.05) is 51.7 Å². The number of likely N-dealkylation sites (N-methyl/N-ethyl adjacent to an activating group) is 1. The van der Waals surface area contributed by atoms with Crippen LogP contribution in [0.25, 0.3) is 0 Å². The van der Waals surface area contributed by atoms with Crippen LogP contribution in [0.1, 0.15) is 43.4 Å². The maximum absolute atomic E-state index is 13.6. The highest BCUT2D eigenvalue weighted by Gasteiger charge is 2.42. The number of piperazine rings is 1. The standard InChI is InChI=1S/C24H38N4O4S/c1-6-26(7-2)22(29)17-25-11-13-27(14-12-25)24(30)21-9-8-10-28(21)33(31,32)23-19(4)15-18(3)16-20(23)5/h15-16,21H,6-14,17H2,1-5H3. The summed E-state index contributed by atoms with van der Waals surface area (Å²) in [6.45, 7) is 13.9. The maximum atomic E-state index is 13.6. The third-order valence-electron chi connectivity index (χ3n) is 6.82. The van der Waals surface area contributed by atoms with Crippen molar-refractivity contribution in [1.82, 2.24) is 19.0 Å². The van der Waals surface area contributed by atoms with Crippen molar-refractivity contribution in [2.75, 3.05) is 52.4 Å². The number of nitrogens with zero attached hydrogens (tertiary/aromatic N) is 4. The molecule has 2 aliphatic heterocycles. The van der Waals surface area contributed by atoms with Gasteiger partial charge in [0, 0.05) is 45.8 Å². The highest BCUT2D eigenvalue weighted by atomic mass is 32.2. The van der Waals surface area contributed by atoms with Gasteiger partial charge < -0.3 is 9.80 Å². The fourth-order valence-electron chi connectivity index (χ4n) is 5.17. The number of amides is 2. The topological polar surface area (TPSA) is 81.2 Å². The Bertz CT molecular complexity index is 959. The van der Waals surface area contributed by atoms with Crippen molar-refractivity contribution in [3.05, 3.63) is 28.8 Å². The van der Waals surface area contributed by atoms with Gasteiger partial charge in [-0.05, 0) is 58.6 Å². The van der Waals surface area contributed by atoms with Gasteiger partial charge in [-0.1, -0.05) is 17.7 Å². The molecule has 2 amide bonds. The number of hydrogen-bond acceptors (Lipinski definition) is 5. The van der Waals surface area contributed by atoms with Gasteiger partial charge in [0.1, 0.15) is 6.04 Å². The van der Waals surface area contributed by atoms with Crippen molar-refractivity contribution < 1.29 is 18.0 Å². The second-order valence-electron chi connectivity index (χ2n) is 9.17. The molecule has 1 aromatic rings. The Kier molecular flexibility index (Phi) is 8.18. The van der Waals surface area contributed by atoms with Gasteiger partial charge in [-0.3, -0.25) is 14.5 Å². The molecule has 0 saturated carbocycles. The largest absolute Gasteiger partial charge is 0.342 e. The molecule has 0 aromatic heterocycles. The molecule has 1 atom stereocenters. The minimum Gasteiger partial charge on any atom is -0.342 e. The Balaban J connectivity index is 1.68. The SMILES string of the molecule is CCN(CC)C(=O)CN1CCN(C(=O)C2CCCN2S(=O)(=O)c2c(C)cc(C)cc2C)CC1. The minimum atomic E-state index is -3.77. The van der Waals surface area contributed by atoms with E-state index < -0.39 is 16.1 Å². The van der Waals surface area contributed by atoms with Crippen LogP contribution in [0.3, 0.4) is 0 Å². The average molecular weight is 479 g/mol. The van der Waals surface area contributed by atoms with Crippen LogP contribution in [0.2, 0.25) is 0 Å². The van der Waals surface area contributed by atoms with Gasteiger partial charge in [0.15, 0.2) is 0 Å². The maximum Gasteiger partial charge on any atom is 0.244 e. The van der Waals surface area contributed by atoms with Gasteiger partial charge in [-0.25, -0.2) is 8.42 Å². The van der Waals surface area contributed by atoms with Crippen LogP contribution in [0.4, 0.5) is 0 Å². The summed E-state index contributed by atoms with van der Waals surface area (Å²) >= 11 is 0. The summed E-state index contributed by atoms with van der Waals surface area (Å²) in [6, 6.07) is 3.11. The van der Waals surface area contributed by atoms with Crippen LogP contribution >= 0.6 is 0 Å². The first-order valence-corrected chi connectivity index (χ1v) is 13.4. The number of hydrogen-bond donors (Lipinski definition) is 0. The molecule has 1 unspecified atom stereocenters. The molecule has 0 N–H and O–H groups in total. The van der Waals surface area contributed by atoms with E-state index in [1.54, 1.807) is 4.90 Å². The van der Waals surface area contributed by atoms with E-state index in [0.717, 1.165) is 16.7 Å². The minimum absolute atomic E-state index is 0.108. The molecule has 3 rings (SSSR count). The molecule has 1 aromatic carbocycles. The van der Waals surface area contributed by atoms with Crippen LogP contribution in [0.15, 0.2) is 17.0 Å². The van der Waals surface area contributed by atoms with E-state index in [-0.39, 0.29) is 11.8 Å². The first-order chi connectivity index (χ1) is 15.6. The summed E-state index contributed by atoms with van der Waals surface area (Å²) in [5, 5.41) is 0. The van der Waals surface area contributed by atoms with Crippen LogP contribution < -0.4 is 0 Å². The lowest BCUT2D eigenvalue weighted by atomic mass is 10.1. The monoisotopic (exact) mass is 478 g/mol. The van der Waals surface area contributed by atoms with Gasteiger partial charge >= 0.3 is 0 Å². The third-order valence-corrected chi connectivity index (χ3v) is 9.03. The highest BCUT2D eigenvalue weighted by Crippen LogP contribution is 2.31. The van der Waals surface area contributed by atoms with Crippen LogP contribution in [-0.4, -0.2) is 97.6 Å². The molecule has 2 saturated heterocycles. The van der Waals surface area contributed by atoms with Crippen molar-refractivity contribution in [2.45, 2.75) is 58.4 Å². The highest BCUT2D eigenvalue weighted by molar-refractivity contribution is 7.89. The number of carbonyl (C=O) groups excluding carboxylic acids is 2. The zero-order chi connectivity index (χ0) is 24.3. The van der Waals surface area contributed by atoms with Gasteiger partial charge in [-0.15, -0.1) is 0 Å². The molecule has 9 heteroatoms. The van der Waals surface area contributed by atoms with E-state index in [0.29, 0.717) is 70.1 Å². The number of carbonyl (C=O) groups is 2. The third kappa shape index (κ3) is 5.41. The van der Waals surface area contributed by atoms with Crippen molar-refractivity contribution in [2.24, 2.45) is 0 Å². The van der Waals surface area contributed by atoms with E-state index in [1.165, 1.54) is 4.31 Å². The molecular formula is C24H38N4O4S. The fourth-order valence-corrected chi connectivity index (χ4v) is 7.24. The van der Waals surface area contributed by atoms with Crippen molar-refractivity contribution >= 4 is 21.8 Å². The first-order valence-electron chi connectivity index (χ1n) is 12.0. The molecule has 0 spiro atoms. The number of sulfonamides is 1. The number of aryl methyl sites for hydroxylation is 3. The first kappa shape index (κ1) is 25.6. The fraction of sp³-hybridized carbons (Fsp3) is 0.667. The molecule has 0 bridgehead atoms. The van der Waals surface area contributed by atoms with E-state index in [2.05, 4.69) is 4.90 Å². The normalized spacial score (nSPS) is 20.3. The Morgan fingerprint density at radius 3 is 2.09 bits per heavy atom. The van der Waals surface area contributed by atoms with Crippen molar-refractivity contribution in [1.29, 1.82) is 0 Å². The number of rotatable bonds is 7. The van der Waals surface area contributed by atoms with Crippen molar-refractivity contribution in [3.63, 3.8) is 0 Å². The zero-order valence-electron chi connectivity index (χ0n) is 20.6. The average Bonchev–Trinajstić information content (AvgIpc) is 3.24. The predicted octanol–water partition coefficient (Wildman–Crippen LogP) is 1.78. The lowest BCUT2D eigenvalue weighted by Crippen LogP contribution is -2.55.